The molecule has 1 N–H and O–H groups in total. The lowest BCUT2D eigenvalue weighted by Crippen LogP contribution is -2.16. The molecule has 1 aliphatic heterocycles. The Morgan fingerprint density at radius 2 is 1.84 bits per heavy atom. The van der Waals surface area contributed by atoms with Crippen molar-refractivity contribution >= 4 is 33.3 Å². The predicted molar refractivity (Wildman–Crippen MR) is 110 cm³/mol. The van der Waals surface area contributed by atoms with Gasteiger partial charge in [-0.05, 0) is 29.3 Å². The summed E-state index contributed by atoms with van der Waals surface area (Å²) >= 11 is 6.12. The minimum Gasteiger partial charge on any atom is -0.494 e. The molecule has 0 saturated heterocycles. The van der Waals surface area contributed by atoms with Gasteiger partial charge < -0.3 is 9.47 Å². The van der Waals surface area contributed by atoms with Crippen LogP contribution in [0.25, 0.3) is 11.1 Å². The molecule has 3 aromatic carbocycles. The molecule has 160 valence electrons. The lowest BCUT2D eigenvalue weighted by atomic mass is 9.99. The van der Waals surface area contributed by atoms with E-state index in [9.17, 15) is 22.0 Å². The van der Waals surface area contributed by atoms with Crippen molar-refractivity contribution in [3.05, 3.63) is 76.3 Å². The first kappa shape index (κ1) is 21.1. The molecular weight excluding hydrogens is 452 g/mol. The van der Waals surface area contributed by atoms with Gasteiger partial charge in [0.2, 0.25) is 0 Å². The number of hydrogen-bond donors (Lipinski definition) is 1. The molecule has 0 fully saturated rings. The molecule has 0 radical (unpaired) electrons. The van der Waals surface area contributed by atoms with Crippen molar-refractivity contribution in [1.82, 2.24) is 0 Å². The number of carbonyl (C=O) groups is 1. The van der Waals surface area contributed by atoms with Crippen LogP contribution in [0.15, 0.2) is 53.4 Å². The Balaban J connectivity index is 2.01. The van der Waals surface area contributed by atoms with Crippen LogP contribution in [0.2, 0.25) is 5.02 Å². The number of cyclic esters (lactones) is 1. The second-order valence-electron chi connectivity index (χ2n) is 6.65. The summed E-state index contributed by atoms with van der Waals surface area (Å²) in [6.07, 6.45) is 0. The lowest BCUT2D eigenvalue weighted by molar-refractivity contribution is 0.0473. The van der Waals surface area contributed by atoms with Crippen LogP contribution in [-0.2, 0) is 21.4 Å². The third kappa shape index (κ3) is 3.82. The van der Waals surface area contributed by atoms with Gasteiger partial charge in [-0.15, -0.1) is 0 Å². The van der Waals surface area contributed by atoms with Gasteiger partial charge >= 0.3 is 5.97 Å². The van der Waals surface area contributed by atoms with Gasteiger partial charge in [0.15, 0.2) is 17.4 Å². The van der Waals surface area contributed by atoms with Crippen LogP contribution >= 0.6 is 11.6 Å². The van der Waals surface area contributed by atoms with Crippen molar-refractivity contribution in [2.75, 3.05) is 11.8 Å². The van der Waals surface area contributed by atoms with Crippen molar-refractivity contribution in [2.45, 2.75) is 11.5 Å². The molecular formula is C21H14ClF2NO5S. The zero-order valence-electron chi connectivity index (χ0n) is 15.9. The van der Waals surface area contributed by atoms with Crippen LogP contribution in [0, 0.1) is 11.6 Å². The van der Waals surface area contributed by atoms with E-state index in [1.54, 1.807) is 18.2 Å². The van der Waals surface area contributed by atoms with E-state index in [0.717, 1.165) is 18.2 Å². The number of anilines is 1. The average Bonchev–Trinajstić information content (AvgIpc) is 2.73. The molecule has 4 bridgehead atoms. The second-order valence-corrected chi connectivity index (χ2v) is 8.71. The zero-order chi connectivity index (χ0) is 22.3. The van der Waals surface area contributed by atoms with Gasteiger partial charge in [0.1, 0.15) is 11.5 Å². The van der Waals surface area contributed by atoms with E-state index in [-0.39, 0.29) is 39.8 Å². The van der Waals surface area contributed by atoms with Crippen LogP contribution in [0.1, 0.15) is 15.9 Å². The van der Waals surface area contributed by atoms with Gasteiger partial charge in [0, 0.05) is 11.6 Å². The molecule has 3 aromatic rings. The summed E-state index contributed by atoms with van der Waals surface area (Å²) in [6, 6.07) is 10.5. The van der Waals surface area contributed by atoms with E-state index in [2.05, 4.69) is 4.72 Å². The van der Waals surface area contributed by atoms with E-state index in [1.807, 2.05) is 0 Å². The molecule has 0 aromatic heterocycles. The number of carbonyl (C=O) groups excluding carboxylic acids is 1. The van der Waals surface area contributed by atoms with Crippen LogP contribution in [-0.4, -0.2) is 21.5 Å². The van der Waals surface area contributed by atoms with Gasteiger partial charge in [-0.25, -0.2) is 22.0 Å². The highest BCUT2D eigenvalue weighted by Crippen LogP contribution is 2.37. The first-order chi connectivity index (χ1) is 14.7. The van der Waals surface area contributed by atoms with E-state index in [0.29, 0.717) is 5.56 Å². The molecule has 0 amide bonds. The van der Waals surface area contributed by atoms with Crippen molar-refractivity contribution in [2.24, 2.45) is 0 Å². The van der Waals surface area contributed by atoms with Crippen LogP contribution in [0.3, 0.4) is 0 Å². The van der Waals surface area contributed by atoms with Crippen molar-refractivity contribution in [1.29, 1.82) is 0 Å². The Kier molecular flexibility index (Phi) is 5.32. The van der Waals surface area contributed by atoms with Crippen molar-refractivity contribution in [3.63, 3.8) is 0 Å². The summed E-state index contributed by atoms with van der Waals surface area (Å²) < 4.78 is 67.6. The van der Waals surface area contributed by atoms with Gasteiger partial charge in [-0.2, -0.15) is 0 Å². The number of esters is 1. The Morgan fingerprint density at radius 1 is 1.10 bits per heavy atom. The SMILES string of the molecule is COc1c(Cl)cc2cc1S(=O)(=O)Nc1cc(F)c(F)c(c1)-c1ccccc1COC2=O. The van der Waals surface area contributed by atoms with Gasteiger partial charge in [0.25, 0.3) is 10.0 Å². The van der Waals surface area contributed by atoms with Gasteiger partial charge in [-0.1, -0.05) is 35.9 Å². The van der Waals surface area contributed by atoms with E-state index >= 15 is 0 Å². The molecule has 4 rings (SSSR count). The normalized spacial score (nSPS) is 14.8. The fourth-order valence-electron chi connectivity index (χ4n) is 3.27. The van der Waals surface area contributed by atoms with Gasteiger partial charge in [-0.3, -0.25) is 4.72 Å². The number of halogens is 3. The Hall–Kier alpha value is -3.17. The molecule has 0 atom stereocenters. The highest BCUT2D eigenvalue weighted by molar-refractivity contribution is 7.92. The molecule has 0 aliphatic carbocycles. The summed E-state index contributed by atoms with van der Waals surface area (Å²) in [7, 11) is -3.20. The molecule has 31 heavy (non-hydrogen) atoms. The standard InChI is InChI=1S/C21H14ClF2NO5S/c1-29-20-16(22)6-12-7-18(20)31(27,28)25-13-8-15(19(24)17(23)9-13)14-5-3-2-4-11(14)10-30-21(12)26/h2-9,25H,10H2,1H3. The fraction of sp³-hybridized carbons (Fsp3) is 0.0952. The summed E-state index contributed by atoms with van der Waals surface area (Å²) in [5, 5.41) is -0.140. The molecule has 0 unspecified atom stereocenters. The zero-order valence-corrected chi connectivity index (χ0v) is 17.5. The maximum atomic E-state index is 14.6. The third-order valence-electron chi connectivity index (χ3n) is 4.69. The van der Waals surface area contributed by atoms with Crippen LogP contribution in [0.5, 0.6) is 5.75 Å². The lowest BCUT2D eigenvalue weighted by Gasteiger charge is -2.15. The summed E-state index contributed by atoms with van der Waals surface area (Å²) in [4.78, 5) is 12.1. The predicted octanol–water partition coefficient (Wildman–Crippen LogP) is 4.77. The molecule has 0 saturated carbocycles. The highest BCUT2D eigenvalue weighted by Gasteiger charge is 2.27. The van der Waals surface area contributed by atoms with Gasteiger partial charge in [0.05, 0.1) is 23.4 Å². The van der Waals surface area contributed by atoms with Crippen LogP contribution < -0.4 is 9.46 Å². The Bertz CT molecular complexity index is 1330. The van der Waals surface area contributed by atoms with E-state index < -0.39 is 32.5 Å². The Labute approximate surface area is 181 Å². The number of benzene rings is 3. The summed E-state index contributed by atoms with van der Waals surface area (Å²) in [5.41, 5.74) is 0.0913. The monoisotopic (exact) mass is 465 g/mol. The van der Waals surface area contributed by atoms with Crippen LogP contribution in [0.4, 0.5) is 14.5 Å². The number of rotatable bonds is 1. The minimum absolute atomic E-state index is 0.132. The number of hydrogen-bond acceptors (Lipinski definition) is 5. The first-order valence-corrected chi connectivity index (χ1v) is 10.7. The number of fused-ring (bicyclic) bond motifs is 6. The number of nitrogens with one attached hydrogen (secondary N) is 1. The maximum absolute atomic E-state index is 14.6. The molecule has 0 spiro atoms. The van der Waals surface area contributed by atoms with E-state index in [1.165, 1.54) is 19.2 Å². The quantitative estimate of drug-likeness (QED) is 0.524. The van der Waals surface area contributed by atoms with E-state index in [4.69, 9.17) is 21.1 Å². The molecule has 1 heterocycles. The minimum atomic E-state index is -4.41. The fourth-order valence-corrected chi connectivity index (χ4v) is 4.88. The molecule has 6 nitrogen and oxygen atoms in total. The van der Waals surface area contributed by atoms with Crippen molar-refractivity contribution < 1.29 is 31.5 Å². The maximum Gasteiger partial charge on any atom is 0.338 e. The summed E-state index contributed by atoms with van der Waals surface area (Å²) in [6.45, 7) is -0.264. The summed E-state index contributed by atoms with van der Waals surface area (Å²) in [5.74, 6) is -3.49. The number of methoxy groups -OCH3 is 1. The largest absolute Gasteiger partial charge is 0.494 e. The van der Waals surface area contributed by atoms with Crippen molar-refractivity contribution in [3.8, 4) is 16.9 Å². The smallest absolute Gasteiger partial charge is 0.338 e. The first-order valence-electron chi connectivity index (χ1n) is 8.86. The topological polar surface area (TPSA) is 81.7 Å². The molecule has 1 aliphatic rings. The molecule has 10 heteroatoms. The highest BCUT2D eigenvalue weighted by atomic mass is 35.5. The average molecular weight is 466 g/mol. The third-order valence-corrected chi connectivity index (χ3v) is 6.35. The Morgan fingerprint density at radius 3 is 2.58 bits per heavy atom. The number of ether oxygens (including phenoxy) is 2. The number of sulfonamides is 1. The second kappa shape index (κ2) is 7.82.